The summed E-state index contributed by atoms with van der Waals surface area (Å²) < 4.78 is 1.88. The fourth-order valence-electron chi connectivity index (χ4n) is 3.27. The number of aliphatic hydroxyl groups excluding tert-OH is 1. The van der Waals surface area contributed by atoms with Crippen LogP contribution in [0.3, 0.4) is 0 Å². The second kappa shape index (κ2) is 8.86. The summed E-state index contributed by atoms with van der Waals surface area (Å²) in [6.45, 7) is 4.49. The van der Waals surface area contributed by atoms with Crippen LogP contribution in [0.5, 0.6) is 0 Å². The van der Waals surface area contributed by atoms with E-state index in [0.717, 1.165) is 31.3 Å². The lowest BCUT2D eigenvalue weighted by Crippen LogP contribution is -2.45. The van der Waals surface area contributed by atoms with Gasteiger partial charge in [0, 0.05) is 26.7 Å². The van der Waals surface area contributed by atoms with E-state index in [-0.39, 0.29) is 12.0 Å². The van der Waals surface area contributed by atoms with Crippen molar-refractivity contribution in [3.8, 4) is 0 Å². The summed E-state index contributed by atoms with van der Waals surface area (Å²) in [6.07, 6.45) is 8.74. The zero-order valence-electron chi connectivity index (χ0n) is 14.4. The molecule has 0 saturated heterocycles. The lowest BCUT2D eigenvalue weighted by molar-refractivity contribution is 0.131. The average Bonchev–Trinajstić information content (AvgIpc) is 2.96. The minimum absolute atomic E-state index is 0.202. The second-order valence-electron chi connectivity index (χ2n) is 6.44. The van der Waals surface area contributed by atoms with Crippen molar-refractivity contribution >= 4 is 5.96 Å². The Kier molecular flexibility index (Phi) is 6.83. The predicted octanol–water partition coefficient (Wildman–Crippen LogP) is 1.20. The fraction of sp³-hybridized carbons (Fsp3) is 0.812. The molecule has 0 amide bonds. The summed E-state index contributed by atoms with van der Waals surface area (Å²) in [5, 5.41) is 24.1. The molecular weight excluding hydrogens is 292 g/mol. The lowest BCUT2D eigenvalue weighted by Gasteiger charge is -2.37. The van der Waals surface area contributed by atoms with Gasteiger partial charge in [0.1, 0.15) is 12.9 Å². The maximum atomic E-state index is 9.42. The van der Waals surface area contributed by atoms with Crippen LogP contribution in [0.15, 0.2) is 11.3 Å². The van der Waals surface area contributed by atoms with Gasteiger partial charge in [-0.3, -0.25) is 0 Å². The number of nitrogens with zero attached hydrogens (tertiary/aromatic N) is 4. The van der Waals surface area contributed by atoms with E-state index >= 15 is 0 Å². The Balaban J connectivity index is 1.96. The average molecular weight is 322 g/mol. The van der Waals surface area contributed by atoms with Gasteiger partial charge in [-0.25, -0.2) is 4.99 Å². The number of hydrogen-bond acceptors (Lipinski definition) is 4. The van der Waals surface area contributed by atoms with E-state index in [1.165, 1.54) is 32.1 Å². The third-order valence-corrected chi connectivity index (χ3v) is 4.72. The van der Waals surface area contributed by atoms with Gasteiger partial charge in [0.05, 0.1) is 0 Å². The molecular formula is C16H30N6O. The lowest BCUT2D eigenvalue weighted by atomic mass is 9.72. The molecule has 1 fully saturated rings. The van der Waals surface area contributed by atoms with Crippen molar-refractivity contribution < 1.29 is 5.11 Å². The van der Waals surface area contributed by atoms with E-state index < -0.39 is 0 Å². The normalized spacial score (nSPS) is 18.0. The van der Waals surface area contributed by atoms with E-state index in [1.807, 2.05) is 11.6 Å². The summed E-state index contributed by atoms with van der Waals surface area (Å²) in [7, 11) is 1.92. The molecule has 3 N–H and O–H groups in total. The first kappa shape index (κ1) is 17.7. The molecule has 0 aromatic carbocycles. The Morgan fingerprint density at radius 1 is 1.35 bits per heavy atom. The molecule has 7 heteroatoms. The Bertz CT molecular complexity index is 487. The number of aliphatic imine (C=N–C) groups is 1. The van der Waals surface area contributed by atoms with Crippen molar-refractivity contribution in [3.05, 3.63) is 12.2 Å². The molecule has 0 atom stereocenters. The van der Waals surface area contributed by atoms with E-state index in [0.29, 0.717) is 6.54 Å². The molecule has 0 unspecified atom stereocenters. The van der Waals surface area contributed by atoms with Gasteiger partial charge < -0.3 is 20.3 Å². The molecule has 23 heavy (non-hydrogen) atoms. The largest absolute Gasteiger partial charge is 0.396 e. The molecule has 1 aromatic heterocycles. The van der Waals surface area contributed by atoms with Gasteiger partial charge in [0.2, 0.25) is 0 Å². The van der Waals surface area contributed by atoms with Crippen molar-refractivity contribution in [2.45, 2.75) is 52.0 Å². The van der Waals surface area contributed by atoms with Crippen LogP contribution < -0.4 is 10.6 Å². The highest BCUT2D eigenvalue weighted by atomic mass is 16.3. The van der Waals surface area contributed by atoms with Crippen molar-refractivity contribution in [1.82, 2.24) is 25.4 Å². The van der Waals surface area contributed by atoms with Crippen LogP contribution in [0.4, 0.5) is 0 Å². The first-order valence-corrected chi connectivity index (χ1v) is 8.65. The summed E-state index contributed by atoms with van der Waals surface area (Å²) >= 11 is 0. The Labute approximate surface area is 138 Å². The maximum absolute atomic E-state index is 9.42. The van der Waals surface area contributed by atoms with Gasteiger partial charge in [-0.15, -0.1) is 10.2 Å². The summed E-state index contributed by atoms with van der Waals surface area (Å²) in [6, 6.07) is 0. The number of hydrogen-bond donors (Lipinski definition) is 3. The number of aromatic nitrogens is 3. The van der Waals surface area contributed by atoms with Crippen LogP contribution in [0.2, 0.25) is 0 Å². The van der Waals surface area contributed by atoms with Gasteiger partial charge >= 0.3 is 0 Å². The smallest absolute Gasteiger partial charge is 0.191 e. The zero-order chi connectivity index (χ0) is 16.5. The highest BCUT2D eigenvalue weighted by Gasteiger charge is 2.31. The molecule has 1 aliphatic rings. The molecule has 130 valence electrons. The standard InChI is InChI=1S/C16H30N6O/c1-3-17-15(18-11-14-21-20-13-22(14)2)19-12-16(9-10-23)7-5-4-6-8-16/h13,23H,3-12H2,1-2H3,(H2,17,18,19). The third-order valence-electron chi connectivity index (χ3n) is 4.72. The zero-order valence-corrected chi connectivity index (χ0v) is 14.4. The number of aryl methyl sites for hydroxylation is 1. The summed E-state index contributed by atoms with van der Waals surface area (Å²) in [4.78, 5) is 4.60. The van der Waals surface area contributed by atoms with Gasteiger partial charge in [-0.05, 0) is 31.6 Å². The van der Waals surface area contributed by atoms with Gasteiger partial charge in [0.25, 0.3) is 0 Å². The van der Waals surface area contributed by atoms with Crippen molar-refractivity contribution in [2.24, 2.45) is 17.5 Å². The quantitative estimate of drug-likeness (QED) is 0.519. The van der Waals surface area contributed by atoms with E-state index in [1.54, 1.807) is 6.33 Å². The van der Waals surface area contributed by atoms with Crippen LogP contribution in [-0.4, -0.2) is 45.5 Å². The third kappa shape index (κ3) is 5.20. The number of aliphatic hydroxyl groups is 1. The summed E-state index contributed by atoms with van der Waals surface area (Å²) in [5.74, 6) is 1.64. The number of guanidine groups is 1. The molecule has 7 nitrogen and oxygen atoms in total. The molecule has 0 aliphatic heterocycles. The SMILES string of the molecule is CCNC(=NCc1nncn1C)NCC1(CCO)CCCCC1. The Morgan fingerprint density at radius 2 is 2.13 bits per heavy atom. The second-order valence-corrected chi connectivity index (χ2v) is 6.44. The van der Waals surface area contributed by atoms with E-state index in [2.05, 4.69) is 32.7 Å². The number of nitrogens with one attached hydrogen (secondary N) is 2. The molecule has 0 spiro atoms. The minimum Gasteiger partial charge on any atom is -0.396 e. The molecule has 1 aromatic rings. The molecule has 1 heterocycles. The highest BCUT2D eigenvalue weighted by Crippen LogP contribution is 2.38. The van der Waals surface area contributed by atoms with Crippen molar-refractivity contribution in [3.63, 3.8) is 0 Å². The minimum atomic E-state index is 0.202. The Hall–Kier alpha value is -1.63. The fourth-order valence-corrected chi connectivity index (χ4v) is 3.27. The first-order valence-electron chi connectivity index (χ1n) is 8.65. The molecule has 2 rings (SSSR count). The monoisotopic (exact) mass is 322 g/mol. The molecule has 0 bridgehead atoms. The van der Waals surface area contributed by atoms with Crippen LogP contribution in [0.1, 0.15) is 51.3 Å². The van der Waals surface area contributed by atoms with E-state index in [9.17, 15) is 5.11 Å². The van der Waals surface area contributed by atoms with Crippen LogP contribution >= 0.6 is 0 Å². The molecule has 0 radical (unpaired) electrons. The first-order chi connectivity index (χ1) is 11.2. The predicted molar refractivity (Wildman–Crippen MR) is 91.0 cm³/mol. The van der Waals surface area contributed by atoms with Gasteiger partial charge in [0.15, 0.2) is 11.8 Å². The van der Waals surface area contributed by atoms with Crippen LogP contribution in [0, 0.1) is 5.41 Å². The van der Waals surface area contributed by atoms with Gasteiger partial charge in [-0.1, -0.05) is 19.3 Å². The van der Waals surface area contributed by atoms with Crippen molar-refractivity contribution in [1.29, 1.82) is 0 Å². The topological polar surface area (TPSA) is 87.4 Å². The maximum Gasteiger partial charge on any atom is 0.191 e. The van der Waals surface area contributed by atoms with Crippen LogP contribution in [0.25, 0.3) is 0 Å². The van der Waals surface area contributed by atoms with E-state index in [4.69, 9.17) is 0 Å². The summed E-state index contributed by atoms with van der Waals surface area (Å²) in [5.41, 5.74) is 0.202. The van der Waals surface area contributed by atoms with Crippen LogP contribution in [-0.2, 0) is 13.6 Å². The number of rotatable bonds is 7. The molecule has 1 aliphatic carbocycles. The highest BCUT2D eigenvalue weighted by molar-refractivity contribution is 5.79. The Morgan fingerprint density at radius 3 is 2.74 bits per heavy atom. The molecule has 1 saturated carbocycles. The van der Waals surface area contributed by atoms with Crippen molar-refractivity contribution in [2.75, 3.05) is 19.7 Å². The van der Waals surface area contributed by atoms with Gasteiger partial charge in [-0.2, -0.15) is 0 Å².